The zero-order valence-electron chi connectivity index (χ0n) is 15.1. The average molecular weight is 388 g/mol. The normalized spacial score (nSPS) is 27.3. The van der Waals surface area contributed by atoms with E-state index in [1.165, 1.54) is 16.7 Å². The Balaban J connectivity index is 1.64. The molecule has 8 heteroatoms. The van der Waals surface area contributed by atoms with Crippen molar-refractivity contribution in [2.24, 2.45) is 13.0 Å². The summed E-state index contributed by atoms with van der Waals surface area (Å²) in [6, 6.07) is 6.40. The number of aryl methyl sites for hydroxylation is 1. The van der Waals surface area contributed by atoms with Crippen LogP contribution in [-0.4, -0.2) is 59.6 Å². The number of aromatic nitrogens is 1. The topological polar surface area (TPSA) is 99.8 Å². The highest BCUT2D eigenvalue weighted by atomic mass is 32.2. The lowest BCUT2D eigenvalue weighted by molar-refractivity contribution is -0.167. The van der Waals surface area contributed by atoms with Gasteiger partial charge < -0.3 is 19.7 Å². The van der Waals surface area contributed by atoms with Crippen LogP contribution in [0.2, 0.25) is 0 Å². The fourth-order valence-electron chi connectivity index (χ4n) is 4.19. The number of hydrogen-bond acceptors (Lipinski definition) is 5. The molecule has 2 N–H and O–H groups in total. The predicted molar refractivity (Wildman–Crippen MR) is 100 cm³/mol. The fraction of sp³-hybridized carbons (Fsp3) is 0.421. The molecule has 27 heavy (non-hydrogen) atoms. The number of Topliss-reactive ketones (excluding diaryl/α,β-unsaturated/α-hetero) is 1. The van der Waals surface area contributed by atoms with Crippen molar-refractivity contribution >= 4 is 40.3 Å². The minimum Gasteiger partial charge on any atom is -0.480 e. The summed E-state index contributed by atoms with van der Waals surface area (Å²) in [5.41, 5.74) is 1.22. The maximum absolute atomic E-state index is 13.0. The molecule has 2 fully saturated rings. The standard InChI is InChI=1S/C19H20N2O5S/c1-19(2)15(18(25)26)21-16(24)12(17(21)27-19)14(23)13(22)10-8-20(3)11-7-5-4-6-9(10)11/h4-8,12,14-15,17,23H,1-3H3,(H,25,26)/t12-,14?,15+,17-/m1/s1. The number of carbonyl (C=O) groups excluding carboxylic acids is 2. The van der Waals surface area contributed by atoms with Gasteiger partial charge in [0.15, 0.2) is 5.78 Å². The van der Waals surface area contributed by atoms with Crippen LogP contribution in [0.5, 0.6) is 0 Å². The summed E-state index contributed by atoms with van der Waals surface area (Å²) < 4.78 is 1.11. The molecule has 1 unspecified atom stereocenters. The van der Waals surface area contributed by atoms with Gasteiger partial charge in [0.25, 0.3) is 0 Å². The molecule has 2 aliphatic rings. The van der Waals surface area contributed by atoms with Gasteiger partial charge in [-0.05, 0) is 19.9 Å². The van der Waals surface area contributed by atoms with E-state index in [0.29, 0.717) is 5.56 Å². The Hall–Kier alpha value is -2.32. The first-order chi connectivity index (χ1) is 12.6. The first-order valence-electron chi connectivity index (χ1n) is 8.64. The summed E-state index contributed by atoms with van der Waals surface area (Å²) >= 11 is 1.32. The summed E-state index contributed by atoms with van der Waals surface area (Å²) in [7, 11) is 1.81. The van der Waals surface area contributed by atoms with Crippen molar-refractivity contribution < 1.29 is 24.6 Å². The van der Waals surface area contributed by atoms with Crippen LogP contribution in [0, 0.1) is 5.92 Å². The first-order valence-corrected chi connectivity index (χ1v) is 9.52. The van der Waals surface area contributed by atoms with E-state index in [2.05, 4.69) is 0 Å². The fourth-order valence-corrected chi connectivity index (χ4v) is 5.91. The van der Waals surface area contributed by atoms with Crippen LogP contribution in [0.25, 0.3) is 10.9 Å². The third-order valence-electron chi connectivity index (χ3n) is 5.49. The molecule has 0 radical (unpaired) electrons. The summed E-state index contributed by atoms with van der Waals surface area (Å²) in [5, 5.41) is 20.4. The molecule has 2 aromatic rings. The summed E-state index contributed by atoms with van der Waals surface area (Å²) in [6.07, 6.45) is 0.156. The van der Waals surface area contributed by atoms with Gasteiger partial charge in [0.1, 0.15) is 18.1 Å². The lowest BCUT2D eigenvalue weighted by Crippen LogP contribution is -2.66. The van der Waals surface area contributed by atoms with Crippen molar-refractivity contribution in [3.8, 4) is 0 Å². The van der Waals surface area contributed by atoms with Crippen LogP contribution < -0.4 is 0 Å². The van der Waals surface area contributed by atoms with Crippen LogP contribution in [0.1, 0.15) is 24.2 Å². The van der Waals surface area contributed by atoms with Gasteiger partial charge in [0.2, 0.25) is 5.91 Å². The number of para-hydroxylation sites is 1. The van der Waals surface area contributed by atoms with Crippen molar-refractivity contribution in [2.45, 2.75) is 36.1 Å². The maximum atomic E-state index is 13.0. The van der Waals surface area contributed by atoms with Gasteiger partial charge in [-0.3, -0.25) is 9.59 Å². The number of β-lactam (4-membered cyclic amide) rings is 1. The van der Waals surface area contributed by atoms with Gasteiger partial charge in [0.05, 0.1) is 5.37 Å². The Kier molecular flexibility index (Phi) is 3.91. The maximum Gasteiger partial charge on any atom is 0.327 e. The van der Waals surface area contributed by atoms with E-state index in [9.17, 15) is 24.6 Å². The number of thioether (sulfide) groups is 1. The Morgan fingerprint density at radius 1 is 1.26 bits per heavy atom. The van der Waals surface area contributed by atoms with Gasteiger partial charge in [-0.1, -0.05) is 18.2 Å². The molecule has 2 aliphatic heterocycles. The Morgan fingerprint density at radius 2 is 1.93 bits per heavy atom. The zero-order chi connectivity index (χ0) is 19.7. The molecule has 4 rings (SSSR count). The molecule has 1 amide bonds. The molecular weight excluding hydrogens is 368 g/mol. The van der Waals surface area contributed by atoms with E-state index in [4.69, 9.17) is 0 Å². The molecule has 0 aliphatic carbocycles. The van der Waals surface area contributed by atoms with Gasteiger partial charge >= 0.3 is 5.97 Å². The SMILES string of the molecule is Cn1cc(C(=O)C(O)[C@@H]2C(=O)N3[C@@H]2SC(C)(C)[C@@H]3C(=O)O)c2ccccc21. The highest BCUT2D eigenvalue weighted by Crippen LogP contribution is 2.54. The number of aliphatic hydroxyl groups excluding tert-OH is 1. The quantitative estimate of drug-likeness (QED) is 0.608. The molecule has 0 bridgehead atoms. The molecular formula is C19H20N2O5S. The summed E-state index contributed by atoms with van der Waals surface area (Å²) in [4.78, 5) is 38.5. The number of amides is 1. The van der Waals surface area contributed by atoms with Crippen LogP contribution in [0.15, 0.2) is 30.5 Å². The smallest absolute Gasteiger partial charge is 0.327 e. The number of carboxylic acids is 1. The molecule has 2 saturated heterocycles. The van der Waals surface area contributed by atoms with Crippen LogP contribution in [-0.2, 0) is 16.6 Å². The number of rotatable bonds is 4. The van der Waals surface area contributed by atoms with E-state index in [1.807, 2.05) is 25.2 Å². The number of aliphatic hydroxyl groups is 1. The second-order valence-electron chi connectivity index (χ2n) is 7.60. The van der Waals surface area contributed by atoms with Crippen molar-refractivity contribution in [3.05, 3.63) is 36.0 Å². The largest absolute Gasteiger partial charge is 0.480 e. The first kappa shape index (κ1) is 18.1. The highest BCUT2D eigenvalue weighted by Gasteiger charge is 2.66. The average Bonchev–Trinajstić information content (AvgIpc) is 3.06. The molecule has 7 nitrogen and oxygen atoms in total. The number of nitrogens with zero attached hydrogens (tertiary/aromatic N) is 2. The van der Waals surface area contributed by atoms with E-state index >= 15 is 0 Å². The van der Waals surface area contributed by atoms with E-state index in [0.717, 1.165) is 10.9 Å². The van der Waals surface area contributed by atoms with Crippen molar-refractivity contribution in [1.82, 2.24) is 9.47 Å². The highest BCUT2D eigenvalue weighted by molar-refractivity contribution is 8.01. The molecule has 3 heterocycles. The van der Waals surface area contributed by atoms with E-state index in [1.54, 1.807) is 30.7 Å². The number of hydrogen-bond donors (Lipinski definition) is 2. The molecule has 0 saturated carbocycles. The molecule has 1 aromatic carbocycles. The Morgan fingerprint density at radius 3 is 2.59 bits per heavy atom. The van der Waals surface area contributed by atoms with E-state index in [-0.39, 0.29) is 0 Å². The summed E-state index contributed by atoms with van der Waals surface area (Å²) in [5.74, 6) is -2.99. The predicted octanol–water partition coefficient (Wildman–Crippen LogP) is 1.48. The molecule has 1 aromatic heterocycles. The number of carboxylic acid groups (broad SMARTS) is 1. The lowest BCUT2D eigenvalue weighted by atomic mass is 9.85. The van der Waals surface area contributed by atoms with Crippen LogP contribution >= 0.6 is 11.8 Å². The third kappa shape index (κ3) is 2.43. The van der Waals surface area contributed by atoms with Crippen molar-refractivity contribution in [3.63, 3.8) is 0 Å². The number of carbonyl (C=O) groups is 3. The lowest BCUT2D eigenvalue weighted by Gasteiger charge is -2.45. The van der Waals surface area contributed by atoms with Gasteiger partial charge in [-0.2, -0.15) is 0 Å². The van der Waals surface area contributed by atoms with Crippen LogP contribution in [0.4, 0.5) is 0 Å². The Bertz CT molecular complexity index is 982. The van der Waals surface area contributed by atoms with Crippen molar-refractivity contribution in [1.29, 1.82) is 0 Å². The minimum absolute atomic E-state index is 0.365. The van der Waals surface area contributed by atoms with Gasteiger partial charge in [-0.15, -0.1) is 11.8 Å². The zero-order valence-corrected chi connectivity index (χ0v) is 15.9. The second kappa shape index (κ2) is 5.84. The molecule has 0 spiro atoms. The Labute approximate surface area is 159 Å². The number of benzene rings is 1. The van der Waals surface area contributed by atoms with E-state index < -0.39 is 45.8 Å². The third-order valence-corrected chi connectivity index (χ3v) is 7.08. The minimum atomic E-state index is -1.50. The van der Waals surface area contributed by atoms with Gasteiger partial charge in [-0.25, -0.2) is 4.79 Å². The van der Waals surface area contributed by atoms with Gasteiger partial charge in [0, 0.05) is 34.5 Å². The summed E-state index contributed by atoms with van der Waals surface area (Å²) in [6.45, 7) is 3.52. The molecule has 142 valence electrons. The monoisotopic (exact) mass is 388 g/mol. The number of aliphatic carboxylic acids is 1. The molecule has 4 atom stereocenters. The number of fused-ring (bicyclic) bond motifs is 2. The van der Waals surface area contributed by atoms with Crippen molar-refractivity contribution in [2.75, 3.05) is 0 Å². The second-order valence-corrected chi connectivity index (χ2v) is 9.37. The number of ketones is 1. The van der Waals surface area contributed by atoms with Crippen LogP contribution in [0.3, 0.4) is 0 Å².